The van der Waals surface area contributed by atoms with E-state index < -0.39 is 0 Å². The van der Waals surface area contributed by atoms with Crippen LogP contribution in [0.15, 0.2) is 42.5 Å². The fraction of sp³-hybridized carbons (Fsp3) is 0.133. The van der Waals surface area contributed by atoms with Gasteiger partial charge in [0.2, 0.25) is 0 Å². The molecule has 0 saturated carbocycles. The van der Waals surface area contributed by atoms with Gasteiger partial charge in [0.15, 0.2) is 0 Å². The standard InChI is InChI=1S/C15H12INO2/c16-12-2-1-3-13(9-12)17-15(18)11-4-5-14-10(8-11)6-7-19-14/h1-5,8-9H,6-7H2,(H,17,18). The van der Waals surface area contributed by atoms with Crippen molar-refractivity contribution < 1.29 is 9.53 Å². The van der Waals surface area contributed by atoms with Gasteiger partial charge in [0.1, 0.15) is 5.75 Å². The summed E-state index contributed by atoms with van der Waals surface area (Å²) in [4.78, 5) is 12.2. The topological polar surface area (TPSA) is 38.3 Å². The number of anilines is 1. The summed E-state index contributed by atoms with van der Waals surface area (Å²) in [6, 6.07) is 13.3. The van der Waals surface area contributed by atoms with Crippen molar-refractivity contribution >= 4 is 34.2 Å². The van der Waals surface area contributed by atoms with E-state index >= 15 is 0 Å². The molecule has 1 N–H and O–H groups in total. The third-order valence-electron chi connectivity index (χ3n) is 3.03. The number of hydrogen-bond donors (Lipinski definition) is 1. The van der Waals surface area contributed by atoms with Crippen LogP contribution in [0.5, 0.6) is 5.75 Å². The van der Waals surface area contributed by atoms with E-state index in [0.717, 1.165) is 27.0 Å². The highest BCUT2D eigenvalue weighted by Crippen LogP contribution is 2.26. The summed E-state index contributed by atoms with van der Waals surface area (Å²) in [6.07, 6.45) is 0.875. The maximum Gasteiger partial charge on any atom is 0.255 e. The van der Waals surface area contributed by atoms with Crippen LogP contribution >= 0.6 is 22.6 Å². The van der Waals surface area contributed by atoms with Gasteiger partial charge in [-0.1, -0.05) is 6.07 Å². The molecule has 19 heavy (non-hydrogen) atoms. The third kappa shape index (κ3) is 2.73. The van der Waals surface area contributed by atoms with Crippen LogP contribution in [0.3, 0.4) is 0 Å². The third-order valence-corrected chi connectivity index (χ3v) is 3.71. The first kappa shape index (κ1) is 12.5. The van der Waals surface area contributed by atoms with Crippen LogP contribution in [0.2, 0.25) is 0 Å². The Morgan fingerprint density at radius 2 is 2.11 bits per heavy atom. The normalized spacial score (nSPS) is 12.7. The van der Waals surface area contributed by atoms with Crippen molar-refractivity contribution in [1.82, 2.24) is 0 Å². The number of benzene rings is 2. The van der Waals surface area contributed by atoms with Crippen molar-refractivity contribution in [1.29, 1.82) is 0 Å². The first-order chi connectivity index (χ1) is 9.22. The molecule has 3 nitrogen and oxygen atoms in total. The minimum atomic E-state index is -0.0864. The monoisotopic (exact) mass is 365 g/mol. The molecule has 0 radical (unpaired) electrons. The van der Waals surface area contributed by atoms with Gasteiger partial charge in [-0.25, -0.2) is 0 Å². The van der Waals surface area contributed by atoms with E-state index in [1.165, 1.54) is 0 Å². The Kier molecular flexibility index (Phi) is 3.42. The second kappa shape index (κ2) is 5.21. The molecule has 2 aromatic rings. The van der Waals surface area contributed by atoms with E-state index in [9.17, 15) is 4.79 Å². The molecule has 1 amide bonds. The molecular formula is C15H12INO2. The lowest BCUT2D eigenvalue weighted by Gasteiger charge is -2.07. The van der Waals surface area contributed by atoms with E-state index in [1.807, 2.05) is 36.4 Å². The zero-order chi connectivity index (χ0) is 13.2. The largest absolute Gasteiger partial charge is 0.493 e. The first-order valence-electron chi connectivity index (χ1n) is 6.05. The van der Waals surface area contributed by atoms with Crippen molar-refractivity contribution in [2.24, 2.45) is 0 Å². The fourth-order valence-electron chi connectivity index (χ4n) is 2.10. The molecule has 2 aromatic carbocycles. The van der Waals surface area contributed by atoms with Crippen LogP contribution in [-0.2, 0) is 6.42 Å². The van der Waals surface area contributed by atoms with E-state index in [-0.39, 0.29) is 5.91 Å². The first-order valence-corrected chi connectivity index (χ1v) is 7.13. The smallest absolute Gasteiger partial charge is 0.255 e. The predicted molar refractivity (Wildman–Crippen MR) is 82.8 cm³/mol. The molecule has 0 aliphatic carbocycles. The molecular weight excluding hydrogens is 353 g/mol. The molecule has 0 saturated heterocycles. The van der Waals surface area contributed by atoms with Crippen LogP contribution in [0.25, 0.3) is 0 Å². The maximum atomic E-state index is 12.2. The Morgan fingerprint density at radius 1 is 1.21 bits per heavy atom. The zero-order valence-corrected chi connectivity index (χ0v) is 12.3. The highest BCUT2D eigenvalue weighted by Gasteiger charge is 2.15. The molecule has 4 heteroatoms. The van der Waals surface area contributed by atoms with E-state index in [4.69, 9.17) is 4.74 Å². The number of hydrogen-bond acceptors (Lipinski definition) is 2. The molecule has 96 valence electrons. The molecule has 0 unspecified atom stereocenters. The Hall–Kier alpha value is -1.56. The van der Waals surface area contributed by atoms with Crippen molar-refractivity contribution in [2.45, 2.75) is 6.42 Å². The highest BCUT2D eigenvalue weighted by atomic mass is 127. The average Bonchev–Trinajstić information content (AvgIpc) is 2.85. The van der Waals surface area contributed by atoms with Gasteiger partial charge in [-0.15, -0.1) is 0 Å². The molecule has 0 fully saturated rings. The summed E-state index contributed by atoms with van der Waals surface area (Å²) in [5.74, 6) is 0.808. The van der Waals surface area contributed by atoms with Crippen LogP contribution in [-0.4, -0.2) is 12.5 Å². The number of halogens is 1. The number of nitrogens with one attached hydrogen (secondary N) is 1. The lowest BCUT2D eigenvalue weighted by molar-refractivity contribution is 0.102. The van der Waals surface area contributed by atoms with Crippen LogP contribution < -0.4 is 10.1 Å². The zero-order valence-electron chi connectivity index (χ0n) is 10.2. The quantitative estimate of drug-likeness (QED) is 0.828. The van der Waals surface area contributed by atoms with Gasteiger partial charge in [0, 0.05) is 21.2 Å². The lowest BCUT2D eigenvalue weighted by Crippen LogP contribution is -2.12. The fourth-order valence-corrected chi connectivity index (χ4v) is 2.64. The Labute approximate surface area is 125 Å². The maximum absolute atomic E-state index is 12.2. The summed E-state index contributed by atoms with van der Waals surface area (Å²) in [5, 5.41) is 2.91. The highest BCUT2D eigenvalue weighted by molar-refractivity contribution is 14.1. The minimum absolute atomic E-state index is 0.0864. The van der Waals surface area contributed by atoms with Crippen molar-refractivity contribution in [3.8, 4) is 5.75 Å². The Balaban J connectivity index is 1.81. The van der Waals surface area contributed by atoms with Gasteiger partial charge in [-0.3, -0.25) is 4.79 Å². The Morgan fingerprint density at radius 3 is 2.95 bits per heavy atom. The second-order valence-electron chi connectivity index (χ2n) is 4.39. The number of carbonyl (C=O) groups excluding carboxylic acids is 1. The van der Waals surface area contributed by atoms with Gasteiger partial charge >= 0.3 is 0 Å². The number of fused-ring (bicyclic) bond motifs is 1. The van der Waals surface area contributed by atoms with Gasteiger partial charge in [-0.05, 0) is 64.6 Å². The number of carbonyl (C=O) groups is 1. The van der Waals surface area contributed by atoms with Gasteiger partial charge in [0.25, 0.3) is 5.91 Å². The SMILES string of the molecule is O=C(Nc1cccc(I)c1)c1ccc2c(c1)CCO2. The number of ether oxygens (including phenoxy) is 1. The summed E-state index contributed by atoms with van der Waals surface area (Å²) in [5.41, 5.74) is 2.59. The predicted octanol–water partition coefficient (Wildman–Crippen LogP) is 3.48. The summed E-state index contributed by atoms with van der Waals surface area (Å²) in [6.45, 7) is 0.706. The molecule has 1 heterocycles. The summed E-state index contributed by atoms with van der Waals surface area (Å²) >= 11 is 2.22. The molecule has 0 aromatic heterocycles. The lowest BCUT2D eigenvalue weighted by atomic mass is 10.1. The van der Waals surface area contributed by atoms with Crippen LogP contribution in [0.4, 0.5) is 5.69 Å². The molecule has 1 aliphatic heterocycles. The molecule has 3 rings (SSSR count). The van der Waals surface area contributed by atoms with Crippen molar-refractivity contribution in [3.63, 3.8) is 0 Å². The minimum Gasteiger partial charge on any atom is -0.493 e. The summed E-state index contributed by atoms with van der Waals surface area (Å²) < 4.78 is 6.53. The second-order valence-corrected chi connectivity index (χ2v) is 5.63. The van der Waals surface area contributed by atoms with Crippen LogP contribution in [0, 0.1) is 3.57 Å². The molecule has 0 atom stereocenters. The van der Waals surface area contributed by atoms with E-state index in [0.29, 0.717) is 12.2 Å². The molecule has 0 spiro atoms. The molecule has 1 aliphatic rings. The van der Waals surface area contributed by atoms with Crippen molar-refractivity contribution in [3.05, 3.63) is 57.2 Å². The Bertz CT molecular complexity index is 640. The molecule has 0 bridgehead atoms. The number of rotatable bonds is 2. The van der Waals surface area contributed by atoms with Gasteiger partial charge < -0.3 is 10.1 Å². The van der Waals surface area contributed by atoms with Gasteiger partial charge in [0.05, 0.1) is 6.61 Å². The van der Waals surface area contributed by atoms with Gasteiger partial charge in [-0.2, -0.15) is 0 Å². The van der Waals surface area contributed by atoms with E-state index in [1.54, 1.807) is 6.07 Å². The summed E-state index contributed by atoms with van der Waals surface area (Å²) in [7, 11) is 0. The van der Waals surface area contributed by atoms with Crippen LogP contribution in [0.1, 0.15) is 15.9 Å². The average molecular weight is 365 g/mol. The number of amides is 1. The van der Waals surface area contributed by atoms with E-state index in [2.05, 4.69) is 27.9 Å². The van der Waals surface area contributed by atoms with Crippen molar-refractivity contribution in [2.75, 3.05) is 11.9 Å².